The third kappa shape index (κ3) is 4.96. The van der Waals surface area contributed by atoms with E-state index < -0.39 is 29.0 Å². The Kier molecular flexibility index (Phi) is 7.56. The first kappa shape index (κ1) is 22.5. The summed E-state index contributed by atoms with van der Waals surface area (Å²) in [5, 5.41) is 11.4. The molecule has 0 fully saturated rings. The van der Waals surface area contributed by atoms with Crippen molar-refractivity contribution in [1.29, 1.82) is 0 Å². The van der Waals surface area contributed by atoms with E-state index in [0.717, 1.165) is 12.1 Å². The van der Waals surface area contributed by atoms with Crippen LogP contribution in [0.15, 0.2) is 30.3 Å². The third-order valence-electron chi connectivity index (χ3n) is 4.04. The maximum Gasteiger partial charge on any atom is 0.345 e. The van der Waals surface area contributed by atoms with Crippen molar-refractivity contribution in [3.8, 4) is 23.0 Å². The SMILES string of the molecule is CCOc1cc([N+](=O)[O-])c(C(=O)OCC(=O)c2cc(OC)ccc2OC)cc1OC. The molecule has 0 saturated heterocycles. The predicted molar refractivity (Wildman–Crippen MR) is 105 cm³/mol. The van der Waals surface area contributed by atoms with Crippen LogP contribution in [0.3, 0.4) is 0 Å². The van der Waals surface area contributed by atoms with Crippen LogP contribution in [-0.4, -0.2) is 51.2 Å². The zero-order valence-corrected chi connectivity index (χ0v) is 16.9. The summed E-state index contributed by atoms with van der Waals surface area (Å²) in [7, 11) is 4.16. The van der Waals surface area contributed by atoms with Crippen LogP contribution in [0.5, 0.6) is 23.0 Å². The van der Waals surface area contributed by atoms with Crippen molar-refractivity contribution >= 4 is 17.4 Å². The Morgan fingerprint density at radius 3 is 2.20 bits per heavy atom. The van der Waals surface area contributed by atoms with Crippen LogP contribution in [0.2, 0.25) is 0 Å². The summed E-state index contributed by atoms with van der Waals surface area (Å²) >= 11 is 0. The molecule has 0 aromatic heterocycles. The molecule has 10 heteroatoms. The molecule has 0 atom stereocenters. The van der Waals surface area contributed by atoms with Gasteiger partial charge in [-0.15, -0.1) is 0 Å². The highest BCUT2D eigenvalue weighted by Crippen LogP contribution is 2.35. The highest BCUT2D eigenvalue weighted by Gasteiger charge is 2.27. The van der Waals surface area contributed by atoms with Crippen molar-refractivity contribution in [2.24, 2.45) is 0 Å². The number of hydrogen-bond donors (Lipinski definition) is 0. The number of carbonyl (C=O) groups excluding carboxylic acids is 2. The molecule has 0 unspecified atom stereocenters. The van der Waals surface area contributed by atoms with Gasteiger partial charge in [0.25, 0.3) is 5.69 Å². The zero-order chi connectivity index (χ0) is 22.3. The molecule has 0 amide bonds. The van der Waals surface area contributed by atoms with Crippen LogP contribution in [0, 0.1) is 10.1 Å². The summed E-state index contributed by atoms with van der Waals surface area (Å²) in [5.74, 6) is -0.712. The molecule has 0 aliphatic heterocycles. The number of nitro groups is 1. The topological polar surface area (TPSA) is 123 Å². The normalized spacial score (nSPS) is 10.1. The maximum absolute atomic E-state index is 12.5. The Morgan fingerprint density at radius 2 is 1.63 bits per heavy atom. The summed E-state index contributed by atoms with van der Waals surface area (Å²) < 4.78 is 25.7. The van der Waals surface area contributed by atoms with Crippen LogP contribution in [0.1, 0.15) is 27.6 Å². The smallest absolute Gasteiger partial charge is 0.345 e. The second-order valence-corrected chi connectivity index (χ2v) is 5.78. The first-order valence-corrected chi connectivity index (χ1v) is 8.77. The lowest BCUT2D eigenvalue weighted by molar-refractivity contribution is -0.385. The minimum atomic E-state index is -1.06. The number of ether oxygens (including phenoxy) is 5. The molecule has 0 radical (unpaired) electrons. The monoisotopic (exact) mass is 419 g/mol. The standard InChI is InChI=1S/C20H21NO9/c1-5-29-19-10-15(21(24)25)13(9-18(19)28-4)20(23)30-11-16(22)14-8-12(26-2)6-7-17(14)27-3/h6-10H,5,11H2,1-4H3. The Balaban J connectivity index is 2.28. The summed E-state index contributed by atoms with van der Waals surface area (Å²) in [6.07, 6.45) is 0. The van der Waals surface area contributed by atoms with E-state index in [1.165, 1.54) is 33.5 Å². The summed E-state index contributed by atoms with van der Waals surface area (Å²) in [6, 6.07) is 6.80. The fourth-order valence-corrected chi connectivity index (χ4v) is 2.61. The second kappa shape index (κ2) is 10.1. The van der Waals surface area contributed by atoms with Gasteiger partial charge in [0.05, 0.1) is 44.5 Å². The molecule has 30 heavy (non-hydrogen) atoms. The number of carbonyl (C=O) groups is 2. The van der Waals surface area contributed by atoms with Crippen molar-refractivity contribution in [2.75, 3.05) is 34.5 Å². The molecule has 160 valence electrons. The first-order chi connectivity index (χ1) is 14.4. The van der Waals surface area contributed by atoms with E-state index in [9.17, 15) is 19.7 Å². The van der Waals surface area contributed by atoms with Gasteiger partial charge in [0, 0.05) is 6.07 Å². The highest BCUT2D eigenvalue weighted by atomic mass is 16.6. The van der Waals surface area contributed by atoms with Gasteiger partial charge in [-0.25, -0.2) is 4.79 Å². The Hall–Kier alpha value is -3.82. The zero-order valence-electron chi connectivity index (χ0n) is 16.9. The average Bonchev–Trinajstić information content (AvgIpc) is 2.76. The molecule has 2 rings (SSSR count). The Bertz CT molecular complexity index is 956. The maximum atomic E-state index is 12.5. The number of nitrogens with zero attached hydrogens (tertiary/aromatic N) is 1. The van der Waals surface area contributed by atoms with Crippen LogP contribution in [0.25, 0.3) is 0 Å². The van der Waals surface area contributed by atoms with E-state index in [1.54, 1.807) is 13.0 Å². The van der Waals surface area contributed by atoms with E-state index >= 15 is 0 Å². The number of nitro benzene ring substituents is 1. The van der Waals surface area contributed by atoms with E-state index in [-0.39, 0.29) is 35.0 Å². The number of ketones is 1. The number of esters is 1. The molecule has 0 heterocycles. The minimum absolute atomic E-state index is 0.112. The molecule has 2 aromatic carbocycles. The molecular weight excluding hydrogens is 398 g/mol. The van der Waals surface area contributed by atoms with Gasteiger partial charge in [-0.3, -0.25) is 14.9 Å². The number of methoxy groups -OCH3 is 3. The summed E-state index contributed by atoms with van der Waals surface area (Å²) in [5.41, 5.74) is -0.759. The molecule has 0 spiro atoms. The van der Waals surface area contributed by atoms with Crippen molar-refractivity contribution in [3.05, 3.63) is 51.6 Å². The Morgan fingerprint density at radius 1 is 0.933 bits per heavy atom. The van der Waals surface area contributed by atoms with Crippen LogP contribution in [-0.2, 0) is 4.74 Å². The summed E-state index contributed by atoms with van der Waals surface area (Å²) in [4.78, 5) is 35.7. The molecule has 10 nitrogen and oxygen atoms in total. The van der Waals surface area contributed by atoms with Gasteiger partial charge in [0.15, 0.2) is 18.1 Å². The number of rotatable bonds is 10. The summed E-state index contributed by atoms with van der Waals surface area (Å²) in [6.45, 7) is 1.29. The highest BCUT2D eigenvalue weighted by molar-refractivity contribution is 6.02. The van der Waals surface area contributed by atoms with Crippen molar-refractivity contribution in [2.45, 2.75) is 6.92 Å². The van der Waals surface area contributed by atoms with Gasteiger partial charge in [0.1, 0.15) is 17.1 Å². The van der Waals surface area contributed by atoms with Crippen LogP contribution >= 0.6 is 0 Å². The van der Waals surface area contributed by atoms with Crippen LogP contribution in [0.4, 0.5) is 5.69 Å². The second-order valence-electron chi connectivity index (χ2n) is 5.78. The number of Topliss-reactive ketones (excluding diaryl/α,β-unsaturated/α-hetero) is 1. The number of hydrogen-bond acceptors (Lipinski definition) is 9. The predicted octanol–water partition coefficient (Wildman–Crippen LogP) is 3.06. The average molecular weight is 419 g/mol. The van der Waals surface area contributed by atoms with Crippen molar-refractivity contribution < 1.29 is 38.2 Å². The van der Waals surface area contributed by atoms with Gasteiger partial charge in [0.2, 0.25) is 5.78 Å². The molecule has 0 aliphatic rings. The van der Waals surface area contributed by atoms with Crippen LogP contribution < -0.4 is 18.9 Å². The number of benzene rings is 2. The van der Waals surface area contributed by atoms with Crippen molar-refractivity contribution in [1.82, 2.24) is 0 Å². The van der Waals surface area contributed by atoms with E-state index in [4.69, 9.17) is 23.7 Å². The van der Waals surface area contributed by atoms with Gasteiger partial charge in [-0.1, -0.05) is 0 Å². The van der Waals surface area contributed by atoms with Gasteiger partial charge in [-0.05, 0) is 25.1 Å². The molecule has 0 N–H and O–H groups in total. The van der Waals surface area contributed by atoms with E-state index in [0.29, 0.717) is 5.75 Å². The molecule has 0 saturated carbocycles. The molecule has 2 aromatic rings. The van der Waals surface area contributed by atoms with Gasteiger partial charge >= 0.3 is 5.97 Å². The minimum Gasteiger partial charge on any atom is -0.497 e. The Labute approximate surface area is 172 Å². The lowest BCUT2D eigenvalue weighted by Crippen LogP contribution is -2.16. The van der Waals surface area contributed by atoms with E-state index in [2.05, 4.69) is 0 Å². The van der Waals surface area contributed by atoms with Crippen molar-refractivity contribution in [3.63, 3.8) is 0 Å². The molecule has 0 aliphatic carbocycles. The third-order valence-corrected chi connectivity index (χ3v) is 4.04. The fourth-order valence-electron chi connectivity index (χ4n) is 2.61. The van der Waals surface area contributed by atoms with Gasteiger partial charge < -0.3 is 23.7 Å². The largest absolute Gasteiger partial charge is 0.497 e. The van der Waals surface area contributed by atoms with E-state index in [1.807, 2.05) is 0 Å². The fraction of sp³-hybridized carbons (Fsp3) is 0.300. The molecular formula is C20H21NO9. The van der Waals surface area contributed by atoms with Gasteiger partial charge in [-0.2, -0.15) is 0 Å². The lowest BCUT2D eigenvalue weighted by Gasteiger charge is -2.12. The lowest BCUT2D eigenvalue weighted by atomic mass is 10.1. The first-order valence-electron chi connectivity index (χ1n) is 8.77. The quantitative estimate of drug-likeness (QED) is 0.247. The molecule has 0 bridgehead atoms.